The van der Waals surface area contributed by atoms with Gasteiger partial charge in [0.05, 0.1) is 15.7 Å². The standard InChI is InChI=1S/C19H12N4O2S2/c24-17(25)14-10-26-19(22-14)23-8-7-11-9-12(5-6-15(11)23)20-18-21-13-3-1-2-4-16(13)27-18/h1-10H,(H,20,21)(H,24,25). The monoisotopic (exact) mass is 392 g/mol. The zero-order valence-electron chi connectivity index (χ0n) is 13.8. The number of benzene rings is 2. The minimum atomic E-state index is -1.02. The maximum atomic E-state index is 11.1. The summed E-state index contributed by atoms with van der Waals surface area (Å²) in [6, 6.07) is 16.1. The molecular formula is C19H12N4O2S2. The van der Waals surface area contributed by atoms with E-state index in [2.05, 4.69) is 21.4 Å². The van der Waals surface area contributed by atoms with Gasteiger partial charge in [-0.2, -0.15) is 0 Å². The highest BCUT2D eigenvalue weighted by Crippen LogP contribution is 2.30. The number of rotatable bonds is 4. The maximum absolute atomic E-state index is 11.1. The number of para-hydroxylation sites is 1. The first-order chi connectivity index (χ1) is 13.2. The number of carboxylic acid groups (broad SMARTS) is 1. The van der Waals surface area contributed by atoms with Gasteiger partial charge in [-0.25, -0.2) is 14.8 Å². The van der Waals surface area contributed by atoms with Crippen molar-refractivity contribution in [1.82, 2.24) is 14.5 Å². The van der Waals surface area contributed by atoms with Gasteiger partial charge in [0.25, 0.3) is 0 Å². The van der Waals surface area contributed by atoms with E-state index in [1.54, 1.807) is 16.7 Å². The summed E-state index contributed by atoms with van der Waals surface area (Å²) in [7, 11) is 0. The van der Waals surface area contributed by atoms with Crippen LogP contribution in [0.5, 0.6) is 0 Å². The van der Waals surface area contributed by atoms with Crippen molar-refractivity contribution >= 4 is 60.6 Å². The number of hydrogen-bond acceptors (Lipinski definition) is 6. The van der Waals surface area contributed by atoms with Crippen molar-refractivity contribution < 1.29 is 9.90 Å². The van der Waals surface area contributed by atoms with E-state index in [9.17, 15) is 4.79 Å². The molecule has 0 aliphatic heterocycles. The van der Waals surface area contributed by atoms with Crippen molar-refractivity contribution in [3.05, 3.63) is 65.8 Å². The third kappa shape index (κ3) is 2.84. The van der Waals surface area contributed by atoms with Crippen LogP contribution in [0, 0.1) is 0 Å². The van der Waals surface area contributed by atoms with Crippen LogP contribution in [0.15, 0.2) is 60.1 Å². The molecule has 0 radical (unpaired) electrons. The lowest BCUT2D eigenvalue weighted by Gasteiger charge is -2.04. The van der Waals surface area contributed by atoms with Crippen molar-refractivity contribution in [2.75, 3.05) is 5.32 Å². The van der Waals surface area contributed by atoms with Gasteiger partial charge >= 0.3 is 5.97 Å². The Morgan fingerprint density at radius 2 is 2.00 bits per heavy atom. The molecule has 132 valence electrons. The van der Waals surface area contributed by atoms with Crippen molar-refractivity contribution in [3.8, 4) is 5.13 Å². The summed E-state index contributed by atoms with van der Waals surface area (Å²) in [5.41, 5.74) is 2.96. The molecule has 6 nitrogen and oxygen atoms in total. The molecule has 5 rings (SSSR count). The summed E-state index contributed by atoms with van der Waals surface area (Å²) >= 11 is 2.92. The Labute approximate surface area is 161 Å². The minimum Gasteiger partial charge on any atom is -0.476 e. The number of nitrogens with one attached hydrogen (secondary N) is 1. The van der Waals surface area contributed by atoms with Gasteiger partial charge in [-0.1, -0.05) is 23.5 Å². The third-order valence-electron chi connectivity index (χ3n) is 4.15. The molecule has 0 atom stereocenters. The van der Waals surface area contributed by atoms with Gasteiger partial charge in [0.1, 0.15) is 0 Å². The Kier molecular flexibility index (Phi) is 3.66. The number of carbonyl (C=O) groups is 1. The van der Waals surface area contributed by atoms with Gasteiger partial charge in [0.2, 0.25) is 0 Å². The Balaban J connectivity index is 1.48. The largest absolute Gasteiger partial charge is 0.476 e. The second-order valence-electron chi connectivity index (χ2n) is 5.89. The molecule has 8 heteroatoms. The first-order valence-corrected chi connectivity index (χ1v) is 9.80. The Morgan fingerprint density at radius 3 is 2.81 bits per heavy atom. The third-order valence-corrected chi connectivity index (χ3v) is 5.94. The fourth-order valence-corrected chi connectivity index (χ4v) is 4.59. The maximum Gasteiger partial charge on any atom is 0.355 e. The topological polar surface area (TPSA) is 80.0 Å². The van der Waals surface area contributed by atoms with E-state index < -0.39 is 5.97 Å². The van der Waals surface area contributed by atoms with Crippen LogP contribution < -0.4 is 5.32 Å². The lowest BCUT2D eigenvalue weighted by atomic mass is 10.2. The summed E-state index contributed by atoms with van der Waals surface area (Å²) in [6.45, 7) is 0. The quantitative estimate of drug-likeness (QED) is 0.443. The van der Waals surface area contributed by atoms with E-state index in [1.165, 1.54) is 11.3 Å². The van der Waals surface area contributed by atoms with Crippen molar-refractivity contribution in [2.24, 2.45) is 0 Å². The normalized spacial score (nSPS) is 11.3. The molecule has 0 aliphatic carbocycles. The van der Waals surface area contributed by atoms with Crippen LogP contribution in [0.25, 0.3) is 26.3 Å². The molecular weight excluding hydrogens is 380 g/mol. The molecule has 0 amide bonds. The Hall–Kier alpha value is -3.23. The fourth-order valence-electron chi connectivity index (χ4n) is 2.91. The minimum absolute atomic E-state index is 0.0611. The van der Waals surface area contributed by atoms with Crippen LogP contribution in [-0.4, -0.2) is 25.6 Å². The van der Waals surface area contributed by atoms with Crippen LogP contribution in [-0.2, 0) is 0 Å². The smallest absolute Gasteiger partial charge is 0.355 e. The predicted molar refractivity (Wildman–Crippen MR) is 109 cm³/mol. The summed E-state index contributed by atoms with van der Waals surface area (Å²) in [5.74, 6) is -1.02. The molecule has 0 saturated heterocycles. The number of aromatic carboxylic acids is 1. The average Bonchev–Trinajstić information content (AvgIpc) is 3.38. The number of thiazole rings is 2. The number of carboxylic acids is 1. The first kappa shape index (κ1) is 16.0. The lowest BCUT2D eigenvalue weighted by Crippen LogP contribution is -1.98. The van der Waals surface area contributed by atoms with Crippen LogP contribution >= 0.6 is 22.7 Å². The highest BCUT2D eigenvalue weighted by atomic mass is 32.1. The number of nitrogens with zero attached hydrogens (tertiary/aromatic N) is 3. The van der Waals surface area contributed by atoms with E-state index in [1.807, 2.05) is 53.2 Å². The van der Waals surface area contributed by atoms with E-state index in [4.69, 9.17) is 5.11 Å². The zero-order valence-corrected chi connectivity index (χ0v) is 15.4. The second kappa shape index (κ2) is 6.19. The molecule has 3 heterocycles. The van der Waals surface area contributed by atoms with Crippen molar-refractivity contribution in [2.45, 2.75) is 0 Å². The zero-order chi connectivity index (χ0) is 18.4. The number of fused-ring (bicyclic) bond motifs is 2. The average molecular weight is 392 g/mol. The molecule has 0 spiro atoms. The molecule has 0 saturated carbocycles. The molecule has 2 N–H and O–H groups in total. The molecule has 3 aromatic heterocycles. The molecule has 0 unspecified atom stereocenters. The second-order valence-corrected chi connectivity index (χ2v) is 7.76. The molecule has 2 aromatic carbocycles. The highest BCUT2D eigenvalue weighted by molar-refractivity contribution is 7.22. The van der Waals surface area contributed by atoms with Gasteiger partial charge in [0.15, 0.2) is 16.0 Å². The van der Waals surface area contributed by atoms with Crippen LogP contribution in [0.3, 0.4) is 0 Å². The summed E-state index contributed by atoms with van der Waals surface area (Å²) in [5, 5.41) is 16.5. The van der Waals surface area contributed by atoms with Crippen molar-refractivity contribution in [3.63, 3.8) is 0 Å². The molecule has 0 bridgehead atoms. The summed E-state index contributed by atoms with van der Waals surface area (Å²) < 4.78 is 3.04. The summed E-state index contributed by atoms with van der Waals surface area (Å²) in [4.78, 5) is 19.8. The molecule has 27 heavy (non-hydrogen) atoms. The fraction of sp³-hybridized carbons (Fsp3) is 0. The highest BCUT2D eigenvalue weighted by Gasteiger charge is 2.12. The van der Waals surface area contributed by atoms with Gasteiger partial charge < -0.3 is 10.4 Å². The van der Waals surface area contributed by atoms with E-state index in [-0.39, 0.29) is 5.69 Å². The molecule has 0 aliphatic rings. The lowest BCUT2D eigenvalue weighted by molar-refractivity contribution is 0.0691. The van der Waals surface area contributed by atoms with E-state index in [0.717, 1.165) is 31.9 Å². The van der Waals surface area contributed by atoms with Crippen LogP contribution in [0.1, 0.15) is 10.5 Å². The first-order valence-electron chi connectivity index (χ1n) is 8.10. The van der Waals surface area contributed by atoms with Crippen molar-refractivity contribution in [1.29, 1.82) is 0 Å². The van der Waals surface area contributed by atoms with E-state index in [0.29, 0.717) is 5.13 Å². The Bertz CT molecular complexity index is 1270. The van der Waals surface area contributed by atoms with Gasteiger partial charge in [-0.05, 0) is 36.4 Å². The SMILES string of the molecule is O=C(O)c1csc(-n2ccc3cc(Nc4nc5ccccc5s4)ccc32)n1. The van der Waals surface area contributed by atoms with Crippen LogP contribution in [0.2, 0.25) is 0 Å². The van der Waals surface area contributed by atoms with Crippen LogP contribution in [0.4, 0.5) is 10.8 Å². The number of anilines is 2. The van der Waals surface area contributed by atoms with Gasteiger partial charge in [-0.3, -0.25) is 4.57 Å². The van der Waals surface area contributed by atoms with Gasteiger partial charge in [0, 0.05) is 22.7 Å². The van der Waals surface area contributed by atoms with E-state index >= 15 is 0 Å². The summed E-state index contributed by atoms with van der Waals surface area (Å²) in [6.07, 6.45) is 1.90. The molecule has 5 aromatic rings. The number of aromatic nitrogens is 3. The Morgan fingerprint density at radius 1 is 1.11 bits per heavy atom. The predicted octanol–water partition coefficient (Wildman–Crippen LogP) is 5.14. The number of hydrogen-bond donors (Lipinski definition) is 2. The molecule has 0 fully saturated rings. The van der Waals surface area contributed by atoms with Gasteiger partial charge in [-0.15, -0.1) is 11.3 Å².